The molecule has 0 aromatic heterocycles. The van der Waals surface area contributed by atoms with Gasteiger partial charge < -0.3 is 5.11 Å². The molecule has 0 bridgehead atoms. The van der Waals surface area contributed by atoms with E-state index in [-0.39, 0.29) is 29.6 Å². The molecule has 0 spiro atoms. The van der Waals surface area contributed by atoms with Crippen LogP contribution in [0.2, 0.25) is 0 Å². The third kappa shape index (κ3) is 5.38. The van der Waals surface area contributed by atoms with Crippen molar-refractivity contribution in [3.8, 4) is 0 Å². The van der Waals surface area contributed by atoms with Crippen molar-refractivity contribution in [3.63, 3.8) is 0 Å². The fourth-order valence-electron chi connectivity index (χ4n) is 10.2. The monoisotopic (exact) mass is 728 g/mol. The maximum absolute atomic E-state index is 18.0. The van der Waals surface area contributed by atoms with Crippen LogP contribution in [0.25, 0.3) is 5.57 Å². The van der Waals surface area contributed by atoms with E-state index in [0.717, 1.165) is 44.5 Å². The van der Waals surface area contributed by atoms with Crippen LogP contribution in [0, 0.1) is 0 Å². The molecule has 0 N–H and O–H groups in total. The van der Waals surface area contributed by atoms with Gasteiger partial charge in [0.2, 0.25) is 0 Å². The summed E-state index contributed by atoms with van der Waals surface area (Å²) in [5.41, 5.74) is 3.40. The molecule has 1 unspecified atom stereocenters. The molecule has 8 aromatic carbocycles. The van der Waals surface area contributed by atoms with Gasteiger partial charge in [-0.3, -0.25) is 0 Å². The minimum absolute atomic E-state index is 0. The SMILES string of the molecule is [Na+].[O-]C1(c2ccccc2)C=C(c2ccccc2)C(c2ccccc2)(c2ccccc2)C(c2ccccc2)(c2ccccc2)C1(c1ccccc1)c1ccccc1. The molecule has 9 rings (SSSR count). The van der Waals surface area contributed by atoms with Crippen LogP contribution in [-0.2, 0) is 21.8 Å². The van der Waals surface area contributed by atoms with E-state index in [1.54, 1.807) is 0 Å². The number of hydrogen-bond donors (Lipinski definition) is 0. The van der Waals surface area contributed by atoms with E-state index < -0.39 is 21.8 Å². The Hall–Kier alpha value is -5.54. The first-order valence-corrected chi connectivity index (χ1v) is 19.1. The molecular weight excluding hydrogens is 688 g/mol. The number of hydrogen-bond acceptors (Lipinski definition) is 1. The van der Waals surface area contributed by atoms with Gasteiger partial charge in [0.1, 0.15) is 0 Å². The average molecular weight is 729 g/mol. The van der Waals surface area contributed by atoms with Gasteiger partial charge in [0.15, 0.2) is 0 Å². The van der Waals surface area contributed by atoms with Crippen molar-refractivity contribution in [3.05, 3.63) is 293 Å². The Morgan fingerprint density at radius 1 is 0.268 bits per heavy atom. The Kier molecular flexibility index (Phi) is 10.4. The summed E-state index contributed by atoms with van der Waals surface area (Å²) in [4.78, 5) is 0. The van der Waals surface area contributed by atoms with Crippen molar-refractivity contribution in [1.29, 1.82) is 0 Å². The van der Waals surface area contributed by atoms with E-state index in [9.17, 15) is 0 Å². The maximum Gasteiger partial charge on any atom is 1.00 e. The Morgan fingerprint density at radius 3 is 0.839 bits per heavy atom. The molecule has 0 aliphatic heterocycles. The standard InChI is InChI=1S/C54H41O.Na/c55-51(43-27-11-2-12-28-43)41-50(42-25-9-1-10-26-42)52(44-29-13-3-14-30-44,45-31-15-4-16-32-45)54(48-37-21-7-22-38-48,49-39-23-8-24-40-49)53(51,46-33-17-5-18-34-46)47-35-19-6-20-36-47;/h1-41H;/q-1;+1. The van der Waals surface area contributed by atoms with Crippen molar-refractivity contribution in [2.24, 2.45) is 0 Å². The first-order chi connectivity index (χ1) is 27.2. The second-order valence-electron chi connectivity index (χ2n) is 14.5. The van der Waals surface area contributed by atoms with Crippen LogP contribution in [0.3, 0.4) is 0 Å². The van der Waals surface area contributed by atoms with Crippen LogP contribution in [0.4, 0.5) is 0 Å². The molecule has 1 aliphatic rings. The summed E-state index contributed by atoms with van der Waals surface area (Å²) in [7, 11) is 0. The molecule has 0 amide bonds. The van der Waals surface area contributed by atoms with Crippen LogP contribution in [0.5, 0.6) is 0 Å². The van der Waals surface area contributed by atoms with Crippen LogP contribution < -0.4 is 34.7 Å². The largest absolute Gasteiger partial charge is 1.00 e. The van der Waals surface area contributed by atoms with Crippen molar-refractivity contribution in [2.45, 2.75) is 21.8 Å². The van der Waals surface area contributed by atoms with E-state index in [1.165, 1.54) is 0 Å². The molecular formula is C54H41NaO. The minimum Gasteiger partial charge on any atom is -0.842 e. The summed E-state index contributed by atoms with van der Waals surface area (Å²) in [5, 5.41) is 18.0. The van der Waals surface area contributed by atoms with Gasteiger partial charge in [-0.15, -0.1) is 0 Å². The van der Waals surface area contributed by atoms with Crippen LogP contribution in [0.1, 0.15) is 44.5 Å². The second-order valence-corrected chi connectivity index (χ2v) is 14.5. The molecule has 0 fully saturated rings. The summed E-state index contributed by atoms with van der Waals surface area (Å²) in [6.07, 6.45) is 2.11. The quantitative estimate of drug-likeness (QED) is 0.145. The molecule has 56 heavy (non-hydrogen) atoms. The van der Waals surface area contributed by atoms with E-state index in [0.29, 0.717) is 5.56 Å². The minimum atomic E-state index is -1.89. The zero-order valence-corrected chi connectivity index (χ0v) is 33.6. The summed E-state index contributed by atoms with van der Waals surface area (Å²) >= 11 is 0. The van der Waals surface area contributed by atoms with Gasteiger partial charge in [-0.2, -0.15) is 0 Å². The number of allylic oxidation sites excluding steroid dienone is 1. The van der Waals surface area contributed by atoms with E-state index in [4.69, 9.17) is 0 Å². The van der Waals surface area contributed by atoms with Crippen molar-refractivity contribution < 1.29 is 34.7 Å². The first kappa shape index (κ1) is 37.4. The van der Waals surface area contributed by atoms with Crippen LogP contribution in [-0.4, -0.2) is 0 Å². The van der Waals surface area contributed by atoms with E-state index in [1.807, 2.05) is 30.3 Å². The zero-order chi connectivity index (χ0) is 37.2. The molecule has 1 atom stereocenters. The molecule has 0 radical (unpaired) electrons. The first-order valence-electron chi connectivity index (χ1n) is 19.1. The fraction of sp³-hybridized carbons (Fsp3) is 0.0741. The third-order valence-corrected chi connectivity index (χ3v) is 12.0. The normalized spacial score (nSPS) is 17.8. The summed E-state index contributed by atoms with van der Waals surface area (Å²) < 4.78 is 0. The van der Waals surface area contributed by atoms with Crippen LogP contribution >= 0.6 is 0 Å². The van der Waals surface area contributed by atoms with Gasteiger partial charge in [0, 0.05) is 5.41 Å². The zero-order valence-electron chi connectivity index (χ0n) is 31.6. The molecule has 1 aliphatic carbocycles. The molecule has 1 nitrogen and oxygen atoms in total. The topological polar surface area (TPSA) is 23.1 Å². The summed E-state index contributed by atoms with van der Waals surface area (Å²) in [6.45, 7) is 0. The maximum atomic E-state index is 18.0. The molecule has 2 heteroatoms. The van der Waals surface area contributed by atoms with Crippen molar-refractivity contribution in [2.75, 3.05) is 0 Å². The molecule has 8 aromatic rings. The Morgan fingerprint density at radius 2 is 0.518 bits per heavy atom. The van der Waals surface area contributed by atoms with Gasteiger partial charge in [0.25, 0.3) is 0 Å². The van der Waals surface area contributed by atoms with Crippen LogP contribution in [0.15, 0.2) is 249 Å². The summed E-state index contributed by atoms with van der Waals surface area (Å²) in [5.74, 6) is 0. The third-order valence-electron chi connectivity index (χ3n) is 12.0. The Balaban J connectivity index is 0.00000441. The average Bonchev–Trinajstić information content (AvgIpc) is 3.28. The molecule has 0 heterocycles. The number of rotatable bonds is 8. The molecule has 264 valence electrons. The van der Waals surface area contributed by atoms with Gasteiger partial charge in [-0.25, -0.2) is 0 Å². The molecule has 0 saturated carbocycles. The van der Waals surface area contributed by atoms with Crippen molar-refractivity contribution >= 4 is 5.57 Å². The molecule has 0 saturated heterocycles. The Labute approximate surface area is 353 Å². The van der Waals surface area contributed by atoms with Gasteiger partial charge in [-0.05, 0) is 44.5 Å². The Bertz CT molecular complexity index is 2390. The predicted octanol–water partition coefficient (Wildman–Crippen LogP) is 8.30. The fourth-order valence-corrected chi connectivity index (χ4v) is 10.2. The number of benzene rings is 8. The van der Waals surface area contributed by atoms with Gasteiger partial charge in [-0.1, -0.05) is 260 Å². The van der Waals surface area contributed by atoms with E-state index in [2.05, 4.69) is 218 Å². The smallest absolute Gasteiger partial charge is 0.842 e. The van der Waals surface area contributed by atoms with Gasteiger partial charge >= 0.3 is 29.6 Å². The summed E-state index contributed by atoms with van der Waals surface area (Å²) in [6, 6.07) is 85.5. The predicted molar refractivity (Wildman–Crippen MR) is 224 cm³/mol. The van der Waals surface area contributed by atoms with Gasteiger partial charge in [0.05, 0.1) is 10.8 Å². The van der Waals surface area contributed by atoms with E-state index >= 15 is 5.11 Å². The second kappa shape index (κ2) is 15.5. The van der Waals surface area contributed by atoms with Crippen molar-refractivity contribution in [1.82, 2.24) is 0 Å².